The molecule has 2 aliphatic rings. The van der Waals surface area contributed by atoms with Crippen molar-refractivity contribution in [2.24, 2.45) is 16.8 Å². The summed E-state index contributed by atoms with van der Waals surface area (Å²) in [6, 6.07) is 0. The van der Waals surface area contributed by atoms with Crippen LogP contribution in [0.2, 0.25) is 5.31 Å². The van der Waals surface area contributed by atoms with Crippen LogP contribution in [-0.2, 0) is 0 Å². The van der Waals surface area contributed by atoms with Gasteiger partial charge in [-0.1, -0.05) is 18.7 Å². The summed E-state index contributed by atoms with van der Waals surface area (Å²) in [5.74, 6) is 3.00. The molecule has 84 valence electrons. The Kier molecular flexibility index (Phi) is 2.82. The molecule has 1 aliphatic carbocycles. The standard InChI is InChI=1S/C12H23BN2/c1-12(13)6-4-9-5-7-15(3)11(14-2)10(9)8-12/h9-10H,4-8,13H2,1-3H3/b14-11+. The highest BCUT2D eigenvalue weighted by Crippen LogP contribution is 2.48. The van der Waals surface area contributed by atoms with Gasteiger partial charge in [-0.15, -0.1) is 0 Å². The average Bonchev–Trinajstić information content (AvgIpc) is 2.16. The van der Waals surface area contributed by atoms with Gasteiger partial charge in [0.1, 0.15) is 13.7 Å². The van der Waals surface area contributed by atoms with Crippen molar-refractivity contribution in [1.82, 2.24) is 4.90 Å². The average molecular weight is 206 g/mol. The quantitative estimate of drug-likeness (QED) is 0.549. The number of rotatable bonds is 0. The third-order valence-corrected chi connectivity index (χ3v) is 4.32. The van der Waals surface area contributed by atoms with E-state index in [1.54, 1.807) is 0 Å². The molecule has 0 bridgehead atoms. The van der Waals surface area contributed by atoms with Crippen molar-refractivity contribution in [2.45, 2.75) is 37.9 Å². The van der Waals surface area contributed by atoms with E-state index < -0.39 is 0 Å². The fourth-order valence-corrected chi connectivity index (χ4v) is 3.38. The second-order valence-corrected chi connectivity index (χ2v) is 6.07. The first-order valence-corrected chi connectivity index (χ1v) is 6.21. The van der Waals surface area contributed by atoms with Crippen molar-refractivity contribution in [3.05, 3.63) is 0 Å². The van der Waals surface area contributed by atoms with Crippen LogP contribution in [0.25, 0.3) is 0 Å². The number of amidine groups is 1. The van der Waals surface area contributed by atoms with E-state index in [-0.39, 0.29) is 0 Å². The maximum Gasteiger partial charge on any atom is 0.109 e. The third kappa shape index (κ3) is 2.06. The Bertz CT molecular complexity index is 273. The molecule has 1 saturated heterocycles. The van der Waals surface area contributed by atoms with Gasteiger partial charge in [0.25, 0.3) is 0 Å². The van der Waals surface area contributed by atoms with Crippen LogP contribution in [0.15, 0.2) is 4.99 Å². The zero-order valence-corrected chi connectivity index (χ0v) is 10.6. The monoisotopic (exact) mass is 206 g/mol. The number of aliphatic imine (C=N–C) groups is 1. The van der Waals surface area contributed by atoms with Gasteiger partial charge in [-0.25, -0.2) is 0 Å². The van der Waals surface area contributed by atoms with Crippen LogP contribution in [0.5, 0.6) is 0 Å². The molecule has 2 fully saturated rings. The maximum absolute atomic E-state index is 4.52. The number of nitrogens with zero attached hydrogens (tertiary/aromatic N) is 2. The molecular formula is C12H23BN2. The molecular weight excluding hydrogens is 183 g/mol. The van der Waals surface area contributed by atoms with E-state index in [1.807, 2.05) is 7.05 Å². The molecule has 0 N–H and O–H groups in total. The largest absolute Gasteiger partial charge is 0.363 e. The molecule has 0 spiro atoms. The lowest BCUT2D eigenvalue weighted by Crippen LogP contribution is -2.46. The van der Waals surface area contributed by atoms with Gasteiger partial charge in [0.2, 0.25) is 0 Å². The summed E-state index contributed by atoms with van der Waals surface area (Å²) in [6.45, 7) is 3.61. The van der Waals surface area contributed by atoms with Crippen LogP contribution in [0.4, 0.5) is 0 Å². The first-order chi connectivity index (χ1) is 7.03. The Morgan fingerprint density at radius 1 is 1.47 bits per heavy atom. The molecule has 0 aromatic carbocycles. The van der Waals surface area contributed by atoms with Gasteiger partial charge in [0.15, 0.2) is 0 Å². The molecule has 3 atom stereocenters. The summed E-state index contributed by atoms with van der Waals surface area (Å²) in [5.41, 5.74) is 0. The van der Waals surface area contributed by atoms with Crippen LogP contribution in [0, 0.1) is 11.8 Å². The summed E-state index contributed by atoms with van der Waals surface area (Å²) >= 11 is 0. The molecule has 0 radical (unpaired) electrons. The van der Waals surface area contributed by atoms with Gasteiger partial charge in [-0.05, 0) is 25.2 Å². The summed E-state index contributed by atoms with van der Waals surface area (Å²) in [7, 11) is 6.56. The van der Waals surface area contributed by atoms with E-state index in [9.17, 15) is 0 Å². The summed E-state index contributed by atoms with van der Waals surface area (Å²) < 4.78 is 0. The summed E-state index contributed by atoms with van der Waals surface area (Å²) in [4.78, 5) is 6.88. The molecule has 0 aromatic heterocycles. The predicted molar refractivity (Wildman–Crippen MR) is 68.3 cm³/mol. The molecule has 15 heavy (non-hydrogen) atoms. The molecule has 1 heterocycles. The fourth-order valence-electron chi connectivity index (χ4n) is 3.38. The zero-order chi connectivity index (χ0) is 11.1. The Balaban J connectivity index is 2.19. The second-order valence-electron chi connectivity index (χ2n) is 6.07. The number of likely N-dealkylation sites (tertiary alicyclic amines) is 1. The van der Waals surface area contributed by atoms with Crippen molar-refractivity contribution in [3.8, 4) is 0 Å². The number of piperidine rings is 1. The lowest BCUT2D eigenvalue weighted by Gasteiger charge is -2.47. The Labute approximate surface area is 94.5 Å². The van der Waals surface area contributed by atoms with Crippen LogP contribution < -0.4 is 0 Å². The number of hydrogen-bond acceptors (Lipinski definition) is 1. The van der Waals surface area contributed by atoms with E-state index in [1.165, 1.54) is 38.1 Å². The van der Waals surface area contributed by atoms with Gasteiger partial charge in [-0.3, -0.25) is 4.99 Å². The molecule has 1 aliphatic heterocycles. The van der Waals surface area contributed by atoms with Gasteiger partial charge >= 0.3 is 0 Å². The van der Waals surface area contributed by atoms with Crippen LogP contribution >= 0.6 is 0 Å². The molecule has 0 aromatic rings. The molecule has 1 saturated carbocycles. The van der Waals surface area contributed by atoms with Gasteiger partial charge < -0.3 is 4.90 Å². The van der Waals surface area contributed by atoms with Crippen molar-refractivity contribution in [1.29, 1.82) is 0 Å². The predicted octanol–water partition coefficient (Wildman–Crippen LogP) is 1.58. The van der Waals surface area contributed by atoms with Gasteiger partial charge in [0.05, 0.1) is 0 Å². The van der Waals surface area contributed by atoms with Crippen molar-refractivity contribution < 1.29 is 0 Å². The Morgan fingerprint density at radius 3 is 2.87 bits per heavy atom. The van der Waals surface area contributed by atoms with E-state index in [0.717, 1.165) is 11.8 Å². The smallest absolute Gasteiger partial charge is 0.109 e. The minimum Gasteiger partial charge on any atom is -0.363 e. The molecule has 2 nitrogen and oxygen atoms in total. The normalized spacial score (nSPS) is 44.2. The SMILES string of the molecule is BC1(C)CCC2CCN(C)/C(=N/C)C2C1. The maximum atomic E-state index is 4.52. The third-order valence-electron chi connectivity index (χ3n) is 4.32. The highest BCUT2D eigenvalue weighted by atomic mass is 15.2. The van der Waals surface area contributed by atoms with E-state index in [2.05, 4.69) is 31.7 Å². The van der Waals surface area contributed by atoms with Crippen molar-refractivity contribution in [3.63, 3.8) is 0 Å². The molecule has 0 amide bonds. The van der Waals surface area contributed by atoms with Crippen LogP contribution in [0.3, 0.4) is 0 Å². The summed E-state index contributed by atoms with van der Waals surface area (Å²) in [5, 5.41) is 0.523. The number of fused-ring (bicyclic) bond motifs is 1. The van der Waals surface area contributed by atoms with Crippen LogP contribution in [-0.4, -0.2) is 39.2 Å². The second kappa shape index (κ2) is 3.84. The van der Waals surface area contributed by atoms with Crippen LogP contribution in [0.1, 0.15) is 32.6 Å². The Hall–Kier alpha value is -0.465. The topological polar surface area (TPSA) is 15.6 Å². The first-order valence-electron chi connectivity index (χ1n) is 6.21. The van der Waals surface area contributed by atoms with Gasteiger partial charge in [0, 0.05) is 26.6 Å². The fraction of sp³-hybridized carbons (Fsp3) is 0.917. The zero-order valence-electron chi connectivity index (χ0n) is 10.6. The lowest BCUT2D eigenvalue weighted by atomic mass is 9.55. The van der Waals surface area contributed by atoms with E-state index >= 15 is 0 Å². The molecule has 3 heteroatoms. The van der Waals surface area contributed by atoms with Gasteiger partial charge in [-0.2, -0.15) is 0 Å². The lowest BCUT2D eigenvalue weighted by molar-refractivity contribution is 0.188. The Morgan fingerprint density at radius 2 is 2.20 bits per heavy atom. The minimum atomic E-state index is 0.523. The highest BCUT2D eigenvalue weighted by Gasteiger charge is 2.40. The van der Waals surface area contributed by atoms with Crippen molar-refractivity contribution in [2.75, 3.05) is 20.6 Å². The minimum absolute atomic E-state index is 0.523. The van der Waals surface area contributed by atoms with E-state index in [0.29, 0.717) is 5.31 Å². The van der Waals surface area contributed by atoms with Crippen molar-refractivity contribution >= 4 is 13.7 Å². The molecule has 2 rings (SSSR count). The number of hydrogen-bond donors (Lipinski definition) is 0. The summed E-state index contributed by atoms with van der Waals surface area (Å²) in [6.07, 6.45) is 5.50. The first kappa shape index (κ1) is 11.0. The highest BCUT2D eigenvalue weighted by molar-refractivity contribution is 6.15. The van der Waals surface area contributed by atoms with E-state index in [4.69, 9.17) is 0 Å². The molecule has 3 unspecified atom stereocenters.